The van der Waals surface area contributed by atoms with Crippen LogP contribution in [0.4, 0.5) is 0 Å². The summed E-state index contributed by atoms with van der Waals surface area (Å²) in [6.45, 7) is 0. The van der Waals surface area contributed by atoms with E-state index < -0.39 is 0 Å². The Morgan fingerprint density at radius 1 is 0.172 bits per heavy atom. The maximum Gasteiger partial charge on any atom is 0.0101 e. The lowest BCUT2D eigenvalue weighted by Gasteiger charge is -2.61. The summed E-state index contributed by atoms with van der Waals surface area (Å²) in [5.41, 5.74) is 0. The Labute approximate surface area is 360 Å². The van der Waals surface area contributed by atoms with Gasteiger partial charge in [0.25, 0.3) is 0 Å². The zero-order valence-corrected chi connectivity index (χ0v) is 38.4. The van der Waals surface area contributed by atoms with E-state index >= 15 is 0 Å². The molecule has 0 spiro atoms. The zero-order chi connectivity index (χ0) is 38.7. The summed E-state index contributed by atoms with van der Waals surface area (Å²) in [5, 5.41) is 0. The highest BCUT2D eigenvalue weighted by atomic mass is 15.2. The molecule has 10 aliphatic carbocycles. The Kier molecular flexibility index (Phi) is 14.6. The minimum absolute atomic E-state index is 0.927. The largest absolute Gasteiger partial charge is 0.294 e. The van der Waals surface area contributed by atoms with E-state index in [-0.39, 0.29) is 0 Å². The van der Waals surface area contributed by atoms with E-state index in [9.17, 15) is 0 Å². The number of fused-ring (bicyclic) bond motifs is 5. The molecule has 2 nitrogen and oxygen atoms in total. The van der Waals surface area contributed by atoms with Gasteiger partial charge < -0.3 is 0 Å². The van der Waals surface area contributed by atoms with Gasteiger partial charge >= 0.3 is 0 Å². The minimum Gasteiger partial charge on any atom is -0.294 e. The van der Waals surface area contributed by atoms with Crippen molar-refractivity contribution in [3.8, 4) is 0 Å². The molecule has 0 aromatic rings. The quantitative estimate of drug-likeness (QED) is 0.226. The third-order valence-electron chi connectivity index (χ3n) is 21.6. The fourth-order valence-electron chi connectivity index (χ4n) is 19.2. The molecular weight excluding hydrogens is 701 g/mol. The topological polar surface area (TPSA) is 6.48 Å². The molecule has 58 heavy (non-hydrogen) atoms. The van der Waals surface area contributed by atoms with Gasteiger partial charge in [-0.05, 0) is 200 Å². The number of nitrogens with zero attached hydrogens (tertiary/aromatic N) is 2. The van der Waals surface area contributed by atoms with Crippen molar-refractivity contribution in [3.63, 3.8) is 0 Å². The van der Waals surface area contributed by atoms with E-state index in [1.807, 2.05) is 0 Å². The van der Waals surface area contributed by atoms with Crippen LogP contribution in [-0.4, -0.2) is 46.1 Å². The standard InChI is InChI=1S/C56H96N2/c1-2-8-20-43(19-7-1)57(45-23-11-5-12-24-45)47-35-31-41(32-36-47)53-39-55-52-30-18-16-28-50(52)54(40-56(55)51-29-17-15-27-49(51)53)42-33-37-48(38-34-42)58(46-25-13-6-14-26-46)44-21-9-3-4-10-22-44/h41-56H,1-40H2. The second-order valence-corrected chi connectivity index (χ2v) is 24.3. The van der Waals surface area contributed by atoms with Crippen molar-refractivity contribution in [2.75, 3.05) is 0 Å². The SMILES string of the molecule is C1CCCC(N(C2CCCCC2)C2CCC(C3CC4C5CCCCC5C(C5CCC(N(C6CCCCCC6)C6CCCCC6)CC5)CC4C4CCCCC34)CC2)CC1. The van der Waals surface area contributed by atoms with Crippen LogP contribution in [0, 0.1) is 59.2 Å². The van der Waals surface area contributed by atoms with Crippen LogP contribution in [-0.2, 0) is 0 Å². The Bertz CT molecular complexity index is 1110. The third kappa shape index (κ3) is 9.13. The van der Waals surface area contributed by atoms with Crippen molar-refractivity contribution in [3.05, 3.63) is 0 Å². The molecule has 10 fully saturated rings. The maximum absolute atomic E-state index is 3.28. The van der Waals surface area contributed by atoms with Crippen LogP contribution in [0.15, 0.2) is 0 Å². The molecule has 0 amide bonds. The molecule has 0 aromatic carbocycles. The van der Waals surface area contributed by atoms with Crippen LogP contribution in [0.25, 0.3) is 0 Å². The Morgan fingerprint density at radius 3 is 0.690 bits per heavy atom. The average Bonchev–Trinajstić information content (AvgIpc) is 3.74. The summed E-state index contributed by atoms with van der Waals surface area (Å²) in [4.78, 5) is 6.57. The Morgan fingerprint density at radius 2 is 0.397 bits per heavy atom. The first kappa shape index (κ1) is 41.9. The van der Waals surface area contributed by atoms with Gasteiger partial charge in [-0.25, -0.2) is 0 Å². The van der Waals surface area contributed by atoms with Gasteiger partial charge in [-0.3, -0.25) is 9.80 Å². The lowest BCUT2D eigenvalue weighted by molar-refractivity contribution is -0.121. The molecule has 330 valence electrons. The third-order valence-corrected chi connectivity index (χ3v) is 21.6. The predicted molar refractivity (Wildman–Crippen MR) is 246 cm³/mol. The highest BCUT2D eigenvalue weighted by molar-refractivity contribution is 5.06. The molecule has 0 radical (unpaired) electrons. The number of hydrogen-bond donors (Lipinski definition) is 0. The van der Waals surface area contributed by atoms with E-state index in [0.717, 1.165) is 95.4 Å². The van der Waals surface area contributed by atoms with Crippen molar-refractivity contribution in [1.82, 2.24) is 9.80 Å². The first-order valence-corrected chi connectivity index (χ1v) is 28.3. The van der Waals surface area contributed by atoms with E-state index in [0.29, 0.717) is 0 Å². The van der Waals surface area contributed by atoms with Crippen molar-refractivity contribution >= 4 is 0 Å². The average molecular weight is 797 g/mol. The fraction of sp³-hybridized carbons (Fsp3) is 1.00. The molecule has 0 saturated heterocycles. The van der Waals surface area contributed by atoms with Crippen molar-refractivity contribution in [1.29, 1.82) is 0 Å². The molecule has 10 aliphatic rings. The van der Waals surface area contributed by atoms with Gasteiger partial charge in [-0.1, -0.05) is 116 Å². The van der Waals surface area contributed by atoms with Crippen LogP contribution >= 0.6 is 0 Å². The first-order valence-electron chi connectivity index (χ1n) is 28.3. The van der Waals surface area contributed by atoms with Gasteiger partial charge in [0.1, 0.15) is 0 Å². The summed E-state index contributed by atoms with van der Waals surface area (Å²) >= 11 is 0. The van der Waals surface area contributed by atoms with Gasteiger partial charge in [0.15, 0.2) is 0 Å². The summed E-state index contributed by atoms with van der Waals surface area (Å²) in [7, 11) is 0. The molecular formula is C56H96N2. The monoisotopic (exact) mass is 797 g/mol. The van der Waals surface area contributed by atoms with Crippen LogP contribution in [0.1, 0.15) is 257 Å². The summed E-state index contributed by atoms with van der Waals surface area (Å²) < 4.78 is 0. The van der Waals surface area contributed by atoms with Gasteiger partial charge in [-0.15, -0.1) is 0 Å². The molecule has 10 saturated carbocycles. The molecule has 8 unspecified atom stereocenters. The predicted octanol–water partition coefficient (Wildman–Crippen LogP) is 15.7. The second kappa shape index (κ2) is 20.2. The van der Waals surface area contributed by atoms with E-state index in [2.05, 4.69) is 9.80 Å². The first-order chi connectivity index (χ1) is 28.8. The Balaban J connectivity index is 0.818. The van der Waals surface area contributed by atoms with Crippen molar-refractivity contribution in [2.24, 2.45) is 59.2 Å². The van der Waals surface area contributed by atoms with Gasteiger partial charge in [0, 0.05) is 36.3 Å². The fourth-order valence-corrected chi connectivity index (χ4v) is 19.2. The highest BCUT2D eigenvalue weighted by Crippen LogP contribution is 2.64. The smallest absolute Gasteiger partial charge is 0.0101 e. The second-order valence-electron chi connectivity index (χ2n) is 24.3. The summed E-state index contributed by atoms with van der Waals surface area (Å²) in [6, 6.07) is 5.57. The zero-order valence-electron chi connectivity index (χ0n) is 38.4. The molecule has 2 heteroatoms. The normalized spacial score (nSPS) is 43.6. The van der Waals surface area contributed by atoms with Crippen molar-refractivity contribution in [2.45, 2.75) is 293 Å². The highest BCUT2D eigenvalue weighted by Gasteiger charge is 2.56. The lowest BCUT2D eigenvalue weighted by Crippen LogP contribution is -2.55. The number of rotatable bonds is 8. The van der Waals surface area contributed by atoms with E-state index in [1.54, 1.807) is 116 Å². The molecule has 0 bridgehead atoms. The minimum atomic E-state index is 0.927. The van der Waals surface area contributed by atoms with Crippen LogP contribution in [0.5, 0.6) is 0 Å². The Hall–Kier alpha value is -0.0800. The molecule has 10 rings (SSSR count). The maximum atomic E-state index is 3.28. The van der Waals surface area contributed by atoms with Gasteiger partial charge in [-0.2, -0.15) is 0 Å². The van der Waals surface area contributed by atoms with Crippen LogP contribution < -0.4 is 0 Å². The van der Waals surface area contributed by atoms with Gasteiger partial charge in [0.05, 0.1) is 0 Å². The van der Waals surface area contributed by atoms with E-state index in [4.69, 9.17) is 0 Å². The summed E-state index contributed by atoms with van der Waals surface area (Å²) in [6.07, 6.45) is 62.2. The summed E-state index contributed by atoms with van der Waals surface area (Å²) in [5.74, 6) is 11.0. The van der Waals surface area contributed by atoms with Gasteiger partial charge in [0.2, 0.25) is 0 Å². The van der Waals surface area contributed by atoms with Crippen molar-refractivity contribution < 1.29 is 0 Å². The lowest BCUT2D eigenvalue weighted by atomic mass is 9.44. The van der Waals surface area contributed by atoms with Crippen LogP contribution in [0.3, 0.4) is 0 Å². The van der Waals surface area contributed by atoms with E-state index in [1.165, 1.54) is 141 Å². The molecule has 0 aromatic heterocycles. The van der Waals surface area contributed by atoms with Crippen LogP contribution in [0.2, 0.25) is 0 Å². The number of hydrogen-bond acceptors (Lipinski definition) is 2. The molecule has 8 atom stereocenters. The molecule has 0 N–H and O–H groups in total. The molecule has 0 heterocycles. The molecule has 0 aliphatic heterocycles.